The fourth-order valence-corrected chi connectivity index (χ4v) is 6.09. The van der Waals surface area contributed by atoms with Gasteiger partial charge < -0.3 is 14.8 Å². The zero-order valence-electron chi connectivity index (χ0n) is 20.0. The van der Waals surface area contributed by atoms with E-state index in [1.54, 1.807) is 37.3 Å². The van der Waals surface area contributed by atoms with Crippen molar-refractivity contribution in [1.82, 2.24) is 4.98 Å². The van der Waals surface area contributed by atoms with Crippen LogP contribution in [0.5, 0.6) is 5.75 Å². The fourth-order valence-electron chi connectivity index (χ4n) is 3.77. The molecule has 14 heteroatoms. The molecule has 0 saturated carbocycles. The molecule has 39 heavy (non-hydrogen) atoms. The van der Waals surface area contributed by atoms with Gasteiger partial charge >= 0.3 is 0 Å². The Kier molecular flexibility index (Phi) is 7.48. The highest BCUT2D eigenvalue weighted by Gasteiger charge is 2.32. The summed E-state index contributed by atoms with van der Waals surface area (Å²) < 4.78 is 12.8. The zero-order valence-corrected chi connectivity index (χ0v) is 22.3. The summed E-state index contributed by atoms with van der Waals surface area (Å²) in [6.45, 7) is 2.13. The van der Waals surface area contributed by atoms with E-state index < -0.39 is 16.1 Å². The van der Waals surface area contributed by atoms with Gasteiger partial charge in [-0.25, -0.2) is 4.98 Å². The number of nitrogens with zero attached hydrogens (tertiary/aromatic N) is 3. The minimum Gasteiger partial charge on any atom is -0.460 e. The molecule has 198 valence electrons. The highest BCUT2D eigenvalue weighted by molar-refractivity contribution is 8.01. The molecule has 3 aromatic carbocycles. The molecule has 0 radical (unpaired) electrons. The number of ether oxygens (including phenoxy) is 2. The predicted octanol–water partition coefficient (Wildman–Crippen LogP) is 6.85. The van der Waals surface area contributed by atoms with Crippen LogP contribution in [0.3, 0.4) is 0 Å². The summed E-state index contributed by atoms with van der Waals surface area (Å²) in [5.41, 5.74) is 1.22. The molecule has 0 aliphatic carbocycles. The van der Waals surface area contributed by atoms with E-state index in [0.717, 1.165) is 22.5 Å². The molecule has 1 N–H and O–H groups in total. The number of hydrogen-bond donors (Lipinski definition) is 1. The number of anilines is 1. The number of nitro groups is 2. The first-order valence-electron chi connectivity index (χ1n) is 11.3. The summed E-state index contributed by atoms with van der Waals surface area (Å²) in [7, 11) is 0. The molecule has 11 nitrogen and oxygen atoms in total. The quantitative estimate of drug-likeness (QED) is 0.132. The fraction of sp³-hybridized carbons (Fsp3) is 0.120. The molecule has 0 saturated heterocycles. The van der Waals surface area contributed by atoms with Gasteiger partial charge in [-0.2, -0.15) is 0 Å². The van der Waals surface area contributed by atoms with Crippen molar-refractivity contribution in [1.29, 1.82) is 0 Å². The summed E-state index contributed by atoms with van der Waals surface area (Å²) in [5.74, 6) is 0.122. The Hall–Kier alpha value is -4.04. The van der Waals surface area contributed by atoms with Crippen LogP contribution in [-0.4, -0.2) is 33.5 Å². The summed E-state index contributed by atoms with van der Waals surface area (Å²) in [6, 6.07) is 13.7. The van der Waals surface area contributed by atoms with E-state index in [4.69, 9.17) is 21.1 Å². The van der Waals surface area contributed by atoms with Gasteiger partial charge in [-0.05, 0) is 49.4 Å². The average molecular weight is 585 g/mol. The van der Waals surface area contributed by atoms with Crippen LogP contribution >= 0.6 is 34.7 Å². The van der Waals surface area contributed by atoms with Gasteiger partial charge in [-0.1, -0.05) is 23.4 Å². The van der Waals surface area contributed by atoms with Crippen LogP contribution in [0.25, 0.3) is 10.2 Å². The summed E-state index contributed by atoms with van der Waals surface area (Å²) in [5, 5.41) is 26.0. The van der Waals surface area contributed by atoms with Crippen molar-refractivity contribution in [3.63, 3.8) is 0 Å². The molecule has 1 aliphatic rings. The maximum Gasteiger partial charge on any atom is 0.290 e. The van der Waals surface area contributed by atoms with Crippen molar-refractivity contribution in [3.8, 4) is 5.75 Å². The Morgan fingerprint density at radius 3 is 2.72 bits per heavy atom. The van der Waals surface area contributed by atoms with Gasteiger partial charge in [0.05, 0.1) is 42.2 Å². The molecule has 0 amide bonds. The maximum atomic E-state index is 13.2. The SMILES string of the molecule is CCOC1Oc2ccc(Cl)cc2C(=O)/C1=C\Nc1ccc2nc(Sc3ccc([N+](=O)[O-])cc3[N+](=O)[O-])sc2c1. The lowest BCUT2D eigenvalue weighted by atomic mass is 10.00. The van der Waals surface area contributed by atoms with Crippen LogP contribution in [0.4, 0.5) is 17.1 Å². The zero-order chi connectivity index (χ0) is 27.7. The molecule has 5 rings (SSSR count). The normalized spacial score (nSPS) is 15.7. The van der Waals surface area contributed by atoms with Crippen LogP contribution < -0.4 is 10.1 Å². The molecule has 1 aliphatic heterocycles. The van der Waals surface area contributed by atoms with Crippen LogP contribution in [0.15, 0.2) is 75.6 Å². The third-order valence-corrected chi connectivity index (χ3v) is 7.94. The molecule has 1 unspecified atom stereocenters. The topological polar surface area (TPSA) is 147 Å². The number of nitro benzene ring substituents is 2. The van der Waals surface area contributed by atoms with Gasteiger partial charge in [0.15, 0.2) is 4.34 Å². The van der Waals surface area contributed by atoms with Crippen LogP contribution in [0, 0.1) is 20.2 Å². The summed E-state index contributed by atoms with van der Waals surface area (Å²) in [6.07, 6.45) is 0.640. The number of ketones is 1. The minimum atomic E-state index is -0.892. The van der Waals surface area contributed by atoms with Gasteiger partial charge in [0.2, 0.25) is 12.1 Å². The number of Topliss-reactive ketones (excluding diaryl/α,β-unsaturated/α-hetero) is 1. The molecule has 0 spiro atoms. The van der Waals surface area contributed by atoms with Crippen molar-refractivity contribution in [2.75, 3.05) is 11.9 Å². The van der Waals surface area contributed by atoms with Crippen LogP contribution in [0.2, 0.25) is 5.02 Å². The first-order valence-corrected chi connectivity index (χ1v) is 13.3. The van der Waals surface area contributed by atoms with Crippen molar-refractivity contribution >= 4 is 67.8 Å². The van der Waals surface area contributed by atoms with E-state index in [1.807, 2.05) is 6.07 Å². The molecule has 2 heterocycles. The van der Waals surface area contributed by atoms with E-state index >= 15 is 0 Å². The number of fused-ring (bicyclic) bond motifs is 2. The third kappa shape index (κ3) is 5.56. The first-order chi connectivity index (χ1) is 18.7. The van der Waals surface area contributed by atoms with Gasteiger partial charge in [0.25, 0.3) is 11.4 Å². The lowest BCUT2D eigenvalue weighted by Gasteiger charge is -2.27. The Labute approximate surface area is 233 Å². The smallest absolute Gasteiger partial charge is 0.290 e. The third-order valence-electron chi connectivity index (χ3n) is 5.56. The summed E-state index contributed by atoms with van der Waals surface area (Å²) in [4.78, 5) is 39.1. The van der Waals surface area contributed by atoms with E-state index in [-0.39, 0.29) is 27.6 Å². The van der Waals surface area contributed by atoms with Gasteiger partial charge in [0, 0.05) is 29.6 Å². The van der Waals surface area contributed by atoms with Crippen molar-refractivity contribution in [2.24, 2.45) is 0 Å². The number of nitrogens with one attached hydrogen (secondary N) is 1. The second-order valence-electron chi connectivity index (χ2n) is 8.05. The Balaban J connectivity index is 1.39. The highest BCUT2D eigenvalue weighted by atomic mass is 35.5. The first kappa shape index (κ1) is 26.6. The molecule has 0 fully saturated rings. The van der Waals surface area contributed by atoms with E-state index in [9.17, 15) is 25.0 Å². The Morgan fingerprint density at radius 1 is 1.15 bits per heavy atom. The van der Waals surface area contributed by atoms with Crippen LogP contribution in [-0.2, 0) is 4.74 Å². The number of rotatable bonds is 8. The molecule has 1 aromatic heterocycles. The maximum absolute atomic E-state index is 13.2. The van der Waals surface area contributed by atoms with Crippen molar-refractivity contribution < 1.29 is 24.1 Å². The van der Waals surface area contributed by atoms with E-state index in [0.29, 0.717) is 38.5 Å². The average Bonchev–Trinajstić information content (AvgIpc) is 3.30. The van der Waals surface area contributed by atoms with Gasteiger partial charge in [-0.15, -0.1) is 11.3 Å². The number of aromatic nitrogens is 1. The lowest BCUT2D eigenvalue weighted by molar-refractivity contribution is -0.396. The van der Waals surface area contributed by atoms with Crippen molar-refractivity contribution in [3.05, 3.63) is 97.2 Å². The monoisotopic (exact) mass is 584 g/mol. The number of thiazole rings is 1. The van der Waals surface area contributed by atoms with Gasteiger partial charge in [-0.3, -0.25) is 25.0 Å². The number of carbonyl (C=O) groups is 1. The van der Waals surface area contributed by atoms with E-state index in [2.05, 4.69) is 10.3 Å². The number of hydrogen-bond acceptors (Lipinski definition) is 11. The molecule has 1 atom stereocenters. The number of halogens is 1. The Bertz CT molecular complexity index is 1670. The highest BCUT2D eigenvalue weighted by Crippen LogP contribution is 2.40. The molecular weight excluding hydrogens is 568 g/mol. The predicted molar refractivity (Wildman–Crippen MR) is 147 cm³/mol. The summed E-state index contributed by atoms with van der Waals surface area (Å²) >= 11 is 8.43. The second-order valence-corrected chi connectivity index (χ2v) is 10.8. The molecule has 0 bridgehead atoms. The standard InChI is InChI=1S/C25H17ClN4O7S2/c1-2-36-24-17(23(31)16-9-13(26)3-7-20(16)37-24)12-27-14-4-6-18-22(10-14)39-25(28-18)38-21-8-5-15(29(32)33)11-19(21)30(34)35/h3-12,24,27H,2H2,1H3/b17-12+. The number of carbonyl (C=O) groups excluding carboxylic acids is 1. The molecular formula is C25H17ClN4O7S2. The number of non-ortho nitro benzene ring substituents is 1. The number of benzene rings is 3. The Morgan fingerprint density at radius 2 is 1.97 bits per heavy atom. The van der Waals surface area contributed by atoms with Gasteiger partial charge in [0.1, 0.15) is 5.75 Å². The van der Waals surface area contributed by atoms with E-state index in [1.165, 1.54) is 29.7 Å². The van der Waals surface area contributed by atoms with Crippen LogP contribution in [0.1, 0.15) is 17.3 Å². The lowest BCUT2D eigenvalue weighted by Crippen LogP contribution is -2.33. The molecule has 4 aromatic rings. The minimum absolute atomic E-state index is 0.242. The largest absolute Gasteiger partial charge is 0.460 e. The second kappa shape index (κ2) is 11.0. The van der Waals surface area contributed by atoms with Crippen molar-refractivity contribution in [2.45, 2.75) is 22.4 Å².